The summed E-state index contributed by atoms with van der Waals surface area (Å²) in [5.74, 6) is -0.0871. The lowest BCUT2D eigenvalue weighted by Crippen LogP contribution is -2.21. The molecule has 0 saturated heterocycles. The van der Waals surface area contributed by atoms with Crippen molar-refractivity contribution in [2.24, 2.45) is 5.92 Å². The number of aliphatic carboxylic acids is 1. The van der Waals surface area contributed by atoms with Crippen molar-refractivity contribution in [3.8, 4) is 0 Å². The van der Waals surface area contributed by atoms with Gasteiger partial charge in [-0.1, -0.05) is 26.7 Å². The maximum atomic E-state index is 10.7. The van der Waals surface area contributed by atoms with E-state index in [1.54, 1.807) is 6.08 Å². The largest absolute Gasteiger partial charge is 0.478 e. The molecular formula is C13H22O3. The number of carboxylic acid groups (broad SMARTS) is 1. The van der Waals surface area contributed by atoms with E-state index in [1.807, 2.05) is 6.92 Å². The highest BCUT2D eigenvalue weighted by molar-refractivity contribution is 5.86. The van der Waals surface area contributed by atoms with E-state index in [9.17, 15) is 4.79 Å². The predicted molar refractivity (Wildman–Crippen MR) is 63.4 cm³/mol. The lowest BCUT2D eigenvalue weighted by Gasteiger charge is -2.26. The van der Waals surface area contributed by atoms with Gasteiger partial charge in [-0.3, -0.25) is 0 Å². The van der Waals surface area contributed by atoms with Crippen LogP contribution in [0, 0.1) is 5.92 Å². The highest BCUT2D eigenvalue weighted by Crippen LogP contribution is 2.25. The zero-order valence-corrected chi connectivity index (χ0v) is 10.2. The van der Waals surface area contributed by atoms with Crippen LogP contribution >= 0.6 is 0 Å². The first kappa shape index (κ1) is 13.2. The lowest BCUT2D eigenvalue weighted by molar-refractivity contribution is -0.132. The van der Waals surface area contributed by atoms with Crippen LogP contribution in [0.5, 0.6) is 0 Å². The molecule has 1 rings (SSSR count). The molecule has 16 heavy (non-hydrogen) atoms. The fourth-order valence-electron chi connectivity index (χ4n) is 2.20. The molecular weight excluding hydrogens is 204 g/mol. The van der Waals surface area contributed by atoms with Crippen molar-refractivity contribution in [2.45, 2.75) is 52.1 Å². The Labute approximate surface area is 97.5 Å². The van der Waals surface area contributed by atoms with Crippen LogP contribution in [0.3, 0.4) is 0 Å². The van der Waals surface area contributed by atoms with Gasteiger partial charge in [0.1, 0.15) is 0 Å². The van der Waals surface area contributed by atoms with Crippen molar-refractivity contribution in [2.75, 3.05) is 6.61 Å². The fourth-order valence-corrected chi connectivity index (χ4v) is 2.20. The van der Waals surface area contributed by atoms with Gasteiger partial charge in [0.15, 0.2) is 0 Å². The van der Waals surface area contributed by atoms with Crippen LogP contribution in [0.4, 0.5) is 0 Å². The van der Waals surface area contributed by atoms with E-state index < -0.39 is 5.97 Å². The van der Waals surface area contributed by atoms with E-state index in [2.05, 4.69) is 6.92 Å². The quantitative estimate of drug-likeness (QED) is 0.733. The Morgan fingerprint density at radius 2 is 2.25 bits per heavy atom. The molecule has 0 aliphatic heterocycles. The van der Waals surface area contributed by atoms with Crippen LogP contribution in [-0.2, 0) is 9.53 Å². The highest BCUT2D eigenvalue weighted by Gasteiger charge is 2.18. The number of ether oxygens (including phenoxy) is 1. The summed E-state index contributed by atoms with van der Waals surface area (Å²) >= 11 is 0. The number of carboxylic acids is 1. The van der Waals surface area contributed by atoms with Gasteiger partial charge in [-0.15, -0.1) is 0 Å². The van der Waals surface area contributed by atoms with Gasteiger partial charge in [-0.05, 0) is 31.3 Å². The van der Waals surface area contributed by atoms with Crippen LogP contribution in [0.25, 0.3) is 0 Å². The van der Waals surface area contributed by atoms with E-state index in [0.29, 0.717) is 24.7 Å². The van der Waals surface area contributed by atoms with E-state index in [1.165, 1.54) is 12.8 Å². The van der Waals surface area contributed by atoms with E-state index in [4.69, 9.17) is 9.84 Å². The predicted octanol–water partition coefficient (Wildman–Crippen LogP) is 3.00. The summed E-state index contributed by atoms with van der Waals surface area (Å²) in [7, 11) is 0. The minimum atomic E-state index is -0.830. The molecule has 1 saturated carbocycles. The molecule has 0 aromatic rings. The van der Waals surface area contributed by atoms with Gasteiger partial charge in [0.05, 0.1) is 12.7 Å². The molecule has 1 N–H and O–H groups in total. The van der Waals surface area contributed by atoms with Crippen molar-refractivity contribution < 1.29 is 14.6 Å². The first-order valence-electron chi connectivity index (χ1n) is 6.17. The van der Waals surface area contributed by atoms with Crippen molar-refractivity contribution in [1.29, 1.82) is 0 Å². The molecule has 1 aliphatic rings. The molecule has 0 radical (unpaired) electrons. The molecule has 0 bridgehead atoms. The van der Waals surface area contributed by atoms with Crippen molar-refractivity contribution in [1.82, 2.24) is 0 Å². The molecule has 0 aromatic carbocycles. The Balaban J connectivity index is 2.31. The number of hydrogen-bond acceptors (Lipinski definition) is 2. The second-order valence-corrected chi connectivity index (χ2v) is 4.62. The molecule has 3 heteroatoms. The Morgan fingerprint density at radius 1 is 1.50 bits per heavy atom. The summed E-state index contributed by atoms with van der Waals surface area (Å²) in [6.45, 7) is 4.54. The zero-order chi connectivity index (χ0) is 12.0. The fraction of sp³-hybridized carbons (Fsp3) is 0.769. The van der Waals surface area contributed by atoms with Gasteiger partial charge in [0.2, 0.25) is 0 Å². The average Bonchev–Trinajstić information content (AvgIpc) is 2.24. The third-order valence-electron chi connectivity index (χ3n) is 3.21. The summed E-state index contributed by atoms with van der Waals surface area (Å²) in [5, 5.41) is 8.83. The van der Waals surface area contributed by atoms with E-state index >= 15 is 0 Å². The van der Waals surface area contributed by atoms with E-state index in [-0.39, 0.29) is 0 Å². The maximum Gasteiger partial charge on any atom is 0.331 e. The van der Waals surface area contributed by atoms with Gasteiger partial charge in [0, 0.05) is 5.57 Å². The average molecular weight is 226 g/mol. The summed E-state index contributed by atoms with van der Waals surface area (Å²) < 4.78 is 5.70. The summed E-state index contributed by atoms with van der Waals surface area (Å²) in [5.41, 5.74) is 0.448. The smallest absolute Gasteiger partial charge is 0.331 e. The summed E-state index contributed by atoms with van der Waals surface area (Å²) in [4.78, 5) is 10.7. The zero-order valence-electron chi connectivity index (χ0n) is 10.2. The molecule has 0 spiro atoms. The number of rotatable bonds is 5. The number of carbonyl (C=O) groups is 1. The maximum absolute atomic E-state index is 10.7. The standard InChI is InChI=1S/C13H22O3/c1-3-11(13(14)15)7-8-16-12-6-4-5-10(2)9-12/h7,10,12H,3-6,8-9H2,1-2H3,(H,14,15). The van der Waals surface area contributed by atoms with Crippen molar-refractivity contribution in [3.63, 3.8) is 0 Å². The molecule has 2 unspecified atom stereocenters. The molecule has 0 aromatic heterocycles. The van der Waals surface area contributed by atoms with Crippen LogP contribution < -0.4 is 0 Å². The molecule has 1 aliphatic carbocycles. The van der Waals surface area contributed by atoms with Crippen LogP contribution in [0.1, 0.15) is 46.0 Å². The molecule has 0 heterocycles. The third kappa shape index (κ3) is 4.35. The van der Waals surface area contributed by atoms with Crippen LogP contribution in [0.2, 0.25) is 0 Å². The van der Waals surface area contributed by atoms with Gasteiger partial charge in [0.25, 0.3) is 0 Å². The normalized spacial score (nSPS) is 26.8. The molecule has 2 atom stereocenters. The first-order chi connectivity index (χ1) is 7.63. The molecule has 1 fully saturated rings. The van der Waals surface area contributed by atoms with Gasteiger partial charge >= 0.3 is 5.97 Å². The number of hydrogen-bond donors (Lipinski definition) is 1. The van der Waals surface area contributed by atoms with Crippen molar-refractivity contribution in [3.05, 3.63) is 11.6 Å². The molecule has 92 valence electrons. The minimum absolute atomic E-state index is 0.326. The first-order valence-corrected chi connectivity index (χ1v) is 6.17. The van der Waals surface area contributed by atoms with Gasteiger partial charge < -0.3 is 9.84 Å². The minimum Gasteiger partial charge on any atom is -0.478 e. The Kier molecular flexibility index (Phi) is 5.53. The molecule has 0 amide bonds. The monoisotopic (exact) mass is 226 g/mol. The second-order valence-electron chi connectivity index (χ2n) is 4.62. The lowest BCUT2D eigenvalue weighted by atomic mass is 9.89. The van der Waals surface area contributed by atoms with Crippen LogP contribution in [0.15, 0.2) is 11.6 Å². The topological polar surface area (TPSA) is 46.5 Å². The Hall–Kier alpha value is -0.830. The SMILES string of the molecule is CCC(=CCOC1CCCC(C)C1)C(=O)O. The van der Waals surface area contributed by atoms with Gasteiger partial charge in [-0.2, -0.15) is 0 Å². The summed E-state index contributed by atoms with van der Waals surface area (Å²) in [6, 6.07) is 0. The van der Waals surface area contributed by atoms with E-state index in [0.717, 1.165) is 18.8 Å². The van der Waals surface area contributed by atoms with Gasteiger partial charge in [-0.25, -0.2) is 4.79 Å². The van der Waals surface area contributed by atoms with Crippen LogP contribution in [-0.4, -0.2) is 23.8 Å². The highest BCUT2D eigenvalue weighted by atomic mass is 16.5. The summed E-state index contributed by atoms with van der Waals surface area (Å²) in [6.07, 6.45) is 7.34. The third-order valence-corrected chi connectivity index (χ3v) is 3.21. The van der Waals surface area contributed by atoms with Crippen molar-refractivity contribution >= 4 is 5.97 Å². The molecule has 3 nitrogen and oxygen atoms in total. The second kappa shape index (κ2) is 6.69. The Morgan fingerprint density at radius 3 is 2.81 bits per heavy atom. The Bertz CT molecular complexity index is 258.